The van der Waals surface area contributed by atoms with Gasteiger partial charge in [-0.2, -0.15) is 0 Å². The van der Waals surface area contributed by atoms with E-state index in [9.17, 15) is 5.11 Å². The number of aromatic nitrogens is 1. The molecule has 0 amide bonds. The SMILES string of the molecule is CCc1ncc(CNCC(O)C(C)C)s1. The molecule has 0 spiro atoms. The van der Waals surface area contributed by atoms with Gasteiger partial charge in [-0.25, -0.2) is 4.98 Å². The lowest BCUT2D eigenvalue weighted by atomic mass is 10.1. The minimum absolute atomic E-state index is 0.261. The highest BCUT2D eigenvalue weighted by Gasteiger charge is 2.08. The van der Waals surface area contributed by atoms with Crippen LogP contribution in [0.25, 0.3) is 0 Å². The van der Waals surface area contributed by atoms with Gasteiger partial charge in [-0.15, -0.1) is 11.3 Å². The maximum atomic E-state index is 9.58. The van der Waals surface area contributed by atoms with E-state index in [4.69, 9.17) is 0 Å². The van der Waals surface area contributed by atoms with Crippen LogP contribution in [0.1, 0.15) is 30.7 Å². The molecule has 0 aromatic carbocycles. The largest absolute Gasteiger partial charge is 0.392 e. The molecule has 0 aliphatic heterocycles. The van der Waals surface area contributed by atoms with Gasteiger partial charge in [-0.05, 0) is 12.3 Å². The lowest BCUT2D eigenvalue weighted by Gasteiger charge is -2.14. The van der Waals surface area contributed by atoms with Crippen molar-refractivity contribution in [3.63, 3.8) is 0 Å². The second-order valence-electron chi connectivity index (χ2n) is 4.02. The van der Waals surface area contributed by atoms with Gasteiger partial charge in [0.2, 0.25) is 0 Å². The smallest absolute Gasteiger partial charge is 0.0925 e. The van der Waals surface area contributed by atoms with Gasteiger partial charge in [-0.1, -0.05) is 20.8 Å². The van der Waals surface area contributed by atoms with Crippen molar-refractivity contribution < 1.29 is 5.11 Å². The third-order valence-corrected chi connectivity index (χ3v) is 3.47. The third kappa shape index (κ3) is 4.28. The Balaban J connectivity index is 2.25. The van der Waals surface area contributed by atoms with Crippen molar-refractivity contribution in [2.45, 2.75) is 39.8 Å². The van der Waals surface area contributed by atoms with Crippen molar-refractivity contribution in [1.82, 2.24) is 10.3 Å². The summed E-state index contributed by atoms with van der Waals surface area (Å²) >= 11 is 1.74. The van der Waals surface area contributed by atoms with Crippen molar-refractivity contribution in [3.8, 4) is 0 Å². The van der Waals surface area contributed by atoms with Crippen LogP contribution in [0.5, 0.6) is 0 Å². The molecule has 3 nitrogen and oxygen atoms in total. The molecule has 1 atom stereocenters. The molecule has 1 aromatic heterocycles. The highest BCUT2D eigenvalue weighted by Crippen LogP contribution is 2.12. The normalized spacial score (nSPS) is 13.4. The Morgan fingerprint density at radius 1 is 1.53 bits per heavy atom. The maximum absolute atomic E-state index is 9.58. The van der Waals surface area contributed by atoms with Gasteiger partial charge >= 0.3 is 0 Å². The van der Waals surface area contributed by atoms with E-state index in [1.54, 1.807) is 11.3 Å². The molecular weight excluding hydrogens is 208 g/mol. The van der Waals surface area contributed by atoms with Crippen LogP contribution in [-0.2, 0) is 13.0 Å². The standard InChI is InChI=1S/C11H20N2OS/c1-4-11-13-6-9(15-11)5-12-7-10(14)8(2)3/h6,8,10,12,14H,4-5,7H2,1-3H3. The van der Waals surface area contributed by atoms with Crippen LogP contribution in [0.3, 0.4) is 0 Å². The Kier molecular flexibility index (Phi) is 5.22. The Bertz CT molecular complexity index is 286. The second kappa shape index (κ2) is 6.20. The number of aryl methyl sites for hydroxylation is 1. The molecule has 0 bridgehead atoms. The lowest BCUT2D eigenvalue weighted by Crippen LogP contribution is -2.29. The molecule has 0 aliphatic carbocycles. The molecule has 1 unspecified atom stereocenters. The number of hydrogen-bond acceptors (Lipinski definition) is 4. The molecular formula is C11H20N2OS. The monoisotopic (exact) mass is 228 g/mol. The summed E-state index contributed by atoms with van der Waals surface area (Å²) in [5, 5.41) is 14.0. The summed E-state index contributed by atoms with van der Waals surface area (Å²) in [6.07, 6.45) is 2.65. The molecule has 15 heavy (non-hydrogen) atoms. The minimum atomic E-state index is -0.261. The molecule has 0 saturated carbocycles. The average molecular weight is 228 g/mol. The van der Waals surface area contributed by atoms with Crippen molar-refractivity contribution in [2.75, 3.05) is 6.54 Å². The number of rotatable bonds is 6. The number of aliphatic hydroxyl groups excluding tert-OH is 1. The van der Waals surface area contributed by atoms with Gasteiger partial charge in [0.05, 0.1) is 11.1 Å². The zero-order valence-corrected chi connectivity index (χ0v) is 10.5. The van der Waals surface area contributed by atoms with E-state index < -0.39 is 0 Å². The van der Waals surface area contributed by atoms with Gasteiger partial charge in [0, 0.05) is 24.2 Å². The Morgan fingerprint density at radius 3 is 2.80 bits per heavy atom. The molecule has 1 heterocycles. The van der Waals surface area contributed by atoms with Crippen LogP contribution in [0.2, 0.25) is 0 Å². The van der Waals surface area contributed by atoms with Crippen LogP contribution < -0.4 is 5.32 Å². The summed E-state index contributed by atoms with van der Waals surface area (Å²) in [6, 6.07) is 0. The summed E-state index contributed by atoms with van der Waals surface area (Å²) < 4.78 is 0. The highest BCUT2D eigenvalue weighted by atomic mass is 32.1. The van der Waals surface area contributed by atoms with Crippen LogP contribution >= 0.6 is 11.3 Å². The van der Waals surface area contributed by atoms with Crippen molar-refractivity contribution in [1.29, 1.82) is 0 Å². The van der Waals surface area contributed by atoms with E-state index in [2.05, 4.69) is 17.2 Å². The Labute approximate surface area is 95.6 Å². The number of nitrogens with zero attached hydrogens (tertiary/aromatic N) is 1. The first-order valence-electron chi connectivity index (χ1n) is 5.45. The molecule has 1 aromatic rings. The zero-order valence-electron chi connectivity index (χ0n) is 9.66. The predicted molar refractivity (Wildman–Crippen MR) is 64.0 cm³/mol. The Morgan fingerprint density at radius 2 is 2.27 bits per heavy atom. The zero-order chi connectivity index (χ0) is 11.3. The van der Waals surface area contributed by atoms with Gasteiger partial charge < -0.3 is 10.4 Å². The van der Waals surface area contributed by atoms with Crippen LogP contribution in [0, 0.1) is 5.92 Å². The fourth-order valence-electron chi connectivity index (χ4n) is 1.17. The Hall–Kier alpha value is -0.450. The lowest BCUT2D eigenvalue weighted by molar-refractivity contribution is 0.123. The average Bonchev–Trinajstić information content (AvgIpc) is 2.65. The van der Waals surface area contributed by atoms with Crippen LogP contribution in [0.15, 0.2) is 6.20 Å². The first kappa shape index (κ1) is 12.6. The van der Waals surface area contributed by atoms with E-state index in [1.165, 1.54) is 9.88 Å². The van der Waals surface area contributed by atoms with E-state index in [0.29, 0.717) is 12.5 Å². The number of nitrogens with one attached hydrogen (secondary N) is 1. The number of thiazole rings is 1. The molecule has 4 heteroatoms. The minimum Gasteiger partial charge on any atom is -0.392 e. The molecule has 0 radical (unpaired) electrons. The van der Waals surface area contributed by atoms with Gasteiger partial charge in [0.15, 0.2) is 0 Å². The van der Waals surface area contributed by atoms with Gasteiger partial charge in [-0.3, -0.25) is 0 Å². The summed E-state index contributed by atoms with van der Waals surface area (Å²) in [5.74, 6) is 0.310. The molecule has 0 aliphatic rings. The van der Waals surface area contributed by atoms with Crippen LogP contribution in [-0.4, -0.2) is 22.7 Å². The second-order valence-corrected chi connectivity index (χ2v) is 5.22. The maximum Gasteiger partial charge on any atom is 0.0925 e. The number of hydrogen-bond donors (Lipinski definition) is 2. The first-order valence-corrected chi connectivity index (χ1v) is 6.27. The van der Waals surface area contributed by atoms with Crippen molar-refractivity contribution >= 4 is 11.3 Å². The van der Waals surface area contributed by atoms with E-state index in [-0.39, 0.29) is 6.10 Å². The summed E-state index contributed by atoms with van der Waals surface area (Å²) in [4.78, 5) is 5.52. The fourth-order valence-corrected chi connectivity index (χ4v) is 2.00. The van der Waals surface area contributed by atoms with E-state index in [0.717, 1.165) is 13.0 Å². The van der Waals surface area contributed by atoms with E-state index in [1.807, 2.05) is 20.0 Å². The summed E-state index contributed by atoms with van der Waals surface area (Å²) in [6.45, 7) is 7.61. The van der Waals surface area contributed by atoms with Crippen molar-refractivity contribution in [2.24, 2.45) is 5.92 Å². The van der Waals surface area contributed by atoms with Crippen LogP contribution in [0.4, 0.5) is 0 Å². The molecule has 0 fully saturated rings. The number of aliphatic hydroxyl groups is 1. The fraction of sp³-hybridized carbons (Fsp3) is 0.727. The highest BCUT2D eigenvalue weighted by molar-refractivity contribution is 7.11. The van der Waals surface area contributed by atoms with Crippen molar-refractivity contribution in [3.05, 3.63) is 16.1 Å². The molecule has 1 rings (SSSR count). The topological polar surface area (TPSA) is 45.2 Å². The van der Waals surface area contributed by atoms with E-state index >= 15 is 0 Å². The van der Waals surface area contributed by atoms with Gasteiger partial charge in [0.25, 0.3) is 0 Å². The summed E-state index contributed by atoms with van der Waals surface area (Å²) in [5.41, 5.74) is 0. The third-order valence-electron chi connectivity index (χ3n) is 2.33. The quantitative estimate of drug-likeness (QED) is 0.780. The molecule has 0 saturated heterocycles. The predicted octanol–water partition coefficient (Wildman–Crippen LogP) is 1.81. The van der Waals surface area contributed by atoms with Gasteiger partial charge in [0.1, 0.15) is 0 Å². The summed E-state index contributed by atoms with van der Waals surface area (Å²) in [7, 11) is 0. The molecule has 86 valence electrons. The molecule has 2 N–H and O–H groups in total. The first-order chi connectivity index (χ1) is 7.13.